The van der Waals surface area contributed by atoms with E-state index in [0.717, 1.165) is 4.47 Å². The fraction of sp³-hybridized carbons (Fsp3) is 0.467. The van der Waals surface area contributed by atoms with E-state index in [4.69, 9.17) is 9.84 Å². The highest BCUT2D eigenvalue weighted by molar-refractivity contribution is 9.10. The minimum Gasteiger partial charge on any atom is -0.491 e. The van der Waals surface area contributed by atoms with Crippen molar-refractivity contribution in [1.82, 2.24) is 5.32 Å². The fourth-order valence-electron chi connectivity index (χ4n) is 1.66. The molecule has 1 aromatic carbocycles. The van der Waals surface area contributed by atoms with Crippen molar-refractivity contribution in [2.45, 2.75) is 39.8 Å². The van der Waals surface area contributed by atoms with Crippen LogP contribution in [0.2, 0.25) is 0 Å². The Labute approximate surface area is 132 Å². The van der Waals surface area contributed by atoms with Crippen LogP contribution in [0.3, 0.4) is 0 Å². The SMILES string of the molecule is CC(C)Oc1cc(Br)cc(C(=O)NC(C)C(C)C(=O)O)c1. The summed E-state index contributed by atoms with van der Waals surface area (Å²) in [6.07, 6.45) is 0.00108. The molecule has 0 aliphatic carbocycles. The molecule has 0 aliphatic heterocycles. The summed E-state index contributed by atoms with van der Waals surface area (Å²) in [5.41, 5.74) is 0.421. The first-order chi connectivity index (χ1) is 9.70. The number of aliphatic carboxylic acids is 1. The Balaban J connectivity index is 2.87. The summed E-state index contributed by atoms with van der Waals surface area (Å²) in [5.74, 6) is -1.35. The third-order valence-electron chi connectivity index (χ3n) is 3.00. The van der Waals surface area contributed by atoms with E-state index in [0.29, 0.717) is 11.3 Å². The lowest BCUT2D eigenvalue weighted by atomic mass is 10.0. The zero-order valence-electron chi connectivity index (χ0n) is 12.5. The molecular formula is C15H20BrNO4. The number of hydrogen-bond acceptors (Lipinski definition) is 3. The molecule has 6 heteroatoms. The molecule has 0 saturated carbocycles. The van der Waals surface area contributed by atoms with E-state index >= 15 is 0 Å². The Morgan fingerprint density at radius 1 is 1.19 bits per heavy atom. The molecule has 0 bridgehead atoms. The van der Waals surface area contributed by atoms with E-state index < -0.39 is 17.9 Å². The van der Waals surface area contributed by atoms with Crippen molar-refractivity contribution in [3.63, 3.8) is 0 Å². The molecule has 2 atom stereocenters. The number of carbonyl (C=O) groups is 2. The molecule has 21 heavy (non-hydrogen) atoms. The Morgan fingerprint density at radius 3 is 2.33 bits per heavy atom. The third-order valence-corrected chi connectivity index (χ3v) is 3.46. The number of nitrogens with one attached hydrogen (secondary N) is 1. The van der Waals surface area contributed by atoms with Gasteiger partial charge in [-0.1, -0.05) is 15.9 Å². The largest absolute Gasteiger partial charge is 0.491 e. The lowest BCUT2D eigenvalue weighted by Gasteiger charge is -2.18. The van der Waals surface area contributed by atoms with Crippen LogP contribution < -0.4 is 10.1 Å². The van der Waals surface area contributed by atoms with Crippen LogP contribution in [0.1, 0.15) is 38.1 Å². The first-order valence-electron chi connectivity index (χ1n) is 6.71. The first kappa shape index (κ1) is 17.5. The van der Waals surface area contributed by atoms with Gasteiger partial charge in [-0.15, -0.1) is 0 Å². The van der Waals surface area contributed by atoms with Gasteiger partial charge in [-0.2, -0.15) is 0 Å². The number of hydrogen-bond donors (Lipinski definition) is 2. The number of ether oxygens (including phenoxy) is 1. The minimum absolute atomic E-state index is 0.00108. The van der Waals surface area contributed by atoms with Gasteiger partial charge in [0.1, 0.15) is 5.75 Å². The molecule has 0 aliphatic rings. The number of carbonyl (C=O) groups excluding carboxylic acids is 1. The highest BCUT2D eigenvalue weighted by atomic mass is 79.9. The summed E-state index contributed by atoms with van der Waals surface area (Å²) in [7, 11) is 0. The molecule has 1 aromatic rings. The van der Waals surface area contributed by atoms with Crippen molar-refractivity contribution in [2.24, 2.45) is 5.92 Å². The number of halogens is 1. The fourth-order valence-corrected chi connectivity index (χ4v) is 2.14. The van der Waals surface area contributed by atoms with E-state index in [1.54, 1.807) is 32.0 Å². The van der Waals surface area contributed by atoms with E-state index in [1.165, 1.54) is 0 Å². The summed E-state index contributed by atoms with van der Waals surface area (Å²) in [6.45, 7) is 7.02. The van der Waals surface area contributed by atoms with Gasteiger partial charge in [0.15, 0.2) is 0 Å². The molecule has 1 amide bonds. The average Bonchev–Trinajstić information content (AvgIpc) is 2.35. The quantitative estimate of drug-likeness (QED) is 0.820. The normalized spacial score (nSPS) is 13.6. The molecule has 0 aromatic heterocycles. The number of rotatable bonds is 6. The predicted octanol–water partition coefficient (Wildman–Crippen LogP) is 3.08. The number of benzene rings is 1. The minimum atomic E-state index is -0.944. The molecule has 5 nitrogen and oxygen atoms in total. The van der Waals surface area contributed by atoms with Gasteiger partial charge in [-0.3, -0.25) is 9.59 Å². The summed E-state index contributed by atoms with van der Waals surface area (Å²) < 4.78 is 6.30. The van der Waals surface area contributed by atoms with Gasteiger partial charge in [-0.25, -0.2) is 0 Å². The Kier molecular flexibility index (Phi) is 6.20. The van der Waals surface area contributed by atoms with Crippen molar-refractivity contribution < 1.29 is 19.4 Å². The molecule has 2 N–H and O–H groups in total. The Hall–Kier alpha value is -1.56. The second-order valence-electron chi connectivity index (χ2n) is 5.23. The van der Waals surface area contributed by atoms with E-state index in [2.05, 4.69) is 21.2 Å². The first-order valence-corrected chi connectivity index (χ1v) is 7.51. The maximum atomic E-state index is 12.2. The van der Waals surface area contributed by atoms with Crippen molar-refractivity contribution >= 4 is 27.8 Å². The molecule has 0 spiro atoms. The van der Waals surface area contributed by atoms with Gasteiger partial charge in [-0.05, 0) is 45.9 Å². The molecule has 1 rings (SSSR count). The summed E-state index contributed by atoms with van der Waals surface area (Å²) >= 11 is 3.34. The van der Waals surface area contributed by atoms with E-state index in [9.17, 15) is 9.59 Å². The maximum Gasteiger partial charge on any atom is 0.308 e. The van der Waals surface area contributed by atoms with E-state index in [1.807, 2.05) is 13.8 Å². The number of carboxylic acid groups (broad SMARTS) is 1. The van der Waals surface area contributed by atoms with Crippen LogP contribution in [0.15, 0.2) is 22.7 Å². The zero-order valence-corrected chi connectivity index (χ0v) is 14.1. The Morgan fingerprint density at radius 2 is 1.81 bits per heavy atom. The number of amides is 1. The van der Waals surface area contributed by atoms with E-state index in [-0.39, 0.29) is 12.0 Å². The lowest BCUT2D eigenvalue weighted by Crippen LogP contribution is -2.40. The third kappa shape index (κ3) is 5.38. The standard InChI is InChI=1S/C15H20BrNO4/c1-8(2)21-13-6-11(5-12(16)7-13)14(18)17-10(4)9(3)15(19)20/h5-10H,1-4H3,(H,17,18)(H,19,20). The lowest BCUT2D eigenvalue weighted by molar-refractivity contribution is -0.141. The highest BCUT2D eigenvalue weighted by Gasteiger charge is 2.21. The Bertz CT molecular complexity index is 530. The summed E-state index contributed by atoms with van der Waals surface area (Å²) in [4.78, 5) is 23.1. The van der Waals surface area contributed by atoms with Crippen molar-refractivity contribution in [3.8, 4) is 5.75 Å². The van der Waals surface area contributed by atoms with Gasteiger partial charge < -0.3 is 15.2 Å². The zero-order chi connectivity index (χ0) is 16.2. The summed E-state index contributed by atoms with van der Waals surface area (Å²) in [5, 5.41) is 11.6. The molecule has 0 fully saturated rings. The van der Waals surface area contributed by atoms with Crippen LogP contribution in [0, 0.1) is 5.92 Å². The maximum absolute atomic E-state index is 12.2. The van der Waals surface area contributed by atoms with Crippen LogP contribution in [0.4, 0.5) is 0 Å². The topological polar surface area (TPSA) is 75.6 Å². The molecule has 0 radical (unpaired) electrons. The van der Waals surface area contributed by atoms with Crippen LogP contribution in [-0.4, -0.2) is 29.1 Å². The van der Waals surface area contributed by atoms with Crippen LogP contribution in [-0.2, 0) is 4.79 Å². The van der Waals surface area contributed by atoms with Gasteiger partial charge in [0, 0.05) is 16.1 Å². The van der Waals surface area contributed by atoms with Gasteiger partial charge in [0.05, 0.1) is 12.0 Å². The van der Waals surface area contributed by atoms with Crippen LogP contribution >= 0.6 is 15.9 Å². The van der Waals surface area contributed by atoms with Crippen LogP contribution in [0.25, 0.3) is 0 Å². The van der Waals surface area contributed by atoms with Gasteiger partial charge in [0.25, 0.3) is 5.91 Å². The van der Waals surface area contributed by atoms with Crippen molar-refractivity contribution in [2.75, 3.05) is 0 Å². The van der Waals surface area contributed by atoms with Crippen molar-refractivity contribution in [1.29, 1.82) is 0 Å². The van der Waals surface area contributed by atoms with Crippen LogP contribution in [0.5, 0.6) is 5.75 Å². The number of carboxylic acids is 1. The second-order valence-corrected chi connectivity index (χ2v) is 6.15. The van der Waals surface area contributed by atoms with Gasteiger partial charge >= 0.3 is 5.97 Å². The summed E-state index contributed by atoms with van der Waals surface area (Å²) in [6, 6.07) is 4.61. The smallest absolute Gasteiger partial charge is 0.308 e. The molecule has 116 valence electrons. The van der Waals surface area contributed by atoms with Crippen molar-refractivity contribution in [3.05, 3.63) is 28.2 Å². The second kappa shape index (κ2) is 7.45. The monoisotopic (exact) mass is 357 g/mol. The average molecular weight is 358 g/mol. The predicted molar refractivity (Wildman–Crippen MR) is 83.6 cm³/mol. The molecule has 2 unspecified atom stereocenters. The molecule has 0 heterocycles. The molecular weight excluding hydrogens is 338 g/mol. The van der Waals surface area contributed by atoms with Gasteiger partial charge in [0.2, 0.25) is 0 Å². The highest BCUT2D eigenvalue weighted by Crippen LogP contribution is 2.22. The molecule has 0 saturated heterocycles.